The molecular weight excluding hydrogens is 277 g/mol. The molecule has 0 spiro atoms. The quantitative estimate of drug-likeness (QED) is 0.574. The molecule has 0 unspecified atom stereocenters. The van der Waals surface area contributed by atoms with E-state index in [-0.39, 0.29) is 24.1 Å². The van der Waals surface area contributed by atoms with Crippen molar-refractivity contribution in [2.24, 2.45) is 0 Å². The van der Waals surface area contributed by atoms with E-state index in [1.54, 1.807) is 0 Å². The second kappa shape index (κ2) is 6.54. The van der Waals surface area contributed by atoms with E-state index in [1.165, 1.54) is 4.68 Å². The Morgan fingerprint density at radius 3 is 2.83 bits per heavy atom. The first kappa shape index (κ1) is 14.7. The Morgan fingerprint density at radius 1 is 1.50 bits per heavy atom. The summed E-state index contributed by atoms with van der Waals surface area (Å²) < 4.78 is 40.9. The summed E-state index contributed by atoms with van der Waals surface area (Å²) in [7, 11) is 0. The molecule has 0 aliphatic heterocycles. The molecule has 102 valence electrons. The molecule has 1 aromatic rings. The van der Waals surface area contributed by atoms with Gasteiger partial charge >= 0.3 is 12.1 Å². The number of carbonyl (C=O) groups is 1. The molecule has 0 bridgehead atoms. The number of nitrogens with zero attached hydrogens (tertiary/aromatic N) is 4. The first-order chi connectivity index (χ1) is 8.38. The molecule has 0 radical (unpaired) electrons. The van der Waals surface area contributed by atoms with Gasteiger partial charge in [0.2, 0.25) is 5.16 Å². The fourth-order valence-electron chi connectivity index (χ4n) is 0.905. The molecule has 0 amide bonds. The second-order valence-electron chi connectivity index (χ2n) is 3.03. The zero-order valence-electron chi connectivity index (χ0n) is 8.92. The number of hydrogen-bond acceptors (Lipinski definition) is 6. The van der Waals surface area contributed by atoms with Crippen LogP contribution in [0.25, 0.3) is 0 Å². The first-order valence-corrected chi connectivity index (χ1v) is 5.62. The molecule has 1 heterocycles. The molecule has 11 heteroatoms. The van der Waals surface area contributed by atoms with Crippen molar-refractivity contribution in [1.82, 2.24) is 20.2 Å². The van der Waals surface area contributed by atoms with Gasteiger partial charge in [-0.25, -0.2) is 4.68 Å². The van der Waals surface area contributed by atoms with E-state index in [0.29, 0.717) is 0 Å². The first-order valence-electron chi connectivity index (χ1n) is 4.64. The number of carboxylic acids is 1. The van der Waals surface area contributed by atoms with Crippen LogP contribution in [0.15, 0.2) is 5.16 Å². The van der Waals surface area contributed by atoms with Gasteiger partial charge in [0.1, 0.15) is 6.61 Å². The van der Waals surface area contributed by atoms with Crippen molar-refractivity contribution >= 4 is 17.7 Å². The third-order valence-electron chi connectivity index (χ3n) is 1.54. The van der Waals surface area contributed by atoms with E-state index in [2.05, 4.69) is 20.3 Å². The molecule has 7 nitrogen and oxygen atoms in total. The van der Waals surface area contributed by atoms with E-state index in [4.69, 9.17) is 5.11 Å². The van der Waals surface area contributed by atoms with Crippen LogP contribution in [0.4, 0.5) is 13.2 Å². The molecule has 0 fully saturated rings. The minimum absolute atomic E-state index is 0.0189. The molecule has 1 aromatic heterocycles. The highest BCUT2D eigenvalue weighted by Gasteiger charge is 2.27. The van der Waals surface area contributed by atoms with Gasteiger partial charge in [0.15, 0.2) is 0 Å². The average Bonchev–Trinajstić information content (AvgIpc) is 2.67. The van der Waals surface area contributed by atoms with Crippen molar-refractivity contribution in [3.63, 3.8) is 0 Å². The largest absolute Gasteiger partial charge is 0.481 e. The second-order valence-corrected chi connectivity index (χ2v) is 3.98. The van der Waals surface area contributed by atoms with Crippen LogP contribution in [-0.2, 0) is 16.1 Å². The summed E-state index contributed by atoms with van der Waals surface area (Å²) in [4.78, 5) is 10.3. The summed E-state index contributed by atoms with van der Waals surface area (Å²) in [5.41, 5.74) is 0. The van der Waals surface area contributed by atoms with E-state index >= 15 is 0 Å². The number of halogens is 3. The molecule has 1 N–H and O–H groups in total. The Kier molecular flexibility index (Phi) is 5.34. The molecular formula is C7H9F3N4O3S. The fourth-order valence-corrected chi connectivity index (χ4v) is 1.53. The van der Waals surface area contributed by atoms with Crippen LogP contribution in [-0.4, -0.2) is 56.4 Å². The van der Waals surface area contributed by atoms with Crippen molar-refractivity contribution in [3.05, 3.63) is 0 Å². The number of rotatable bonds is 7. The van der Waals surface area contributed by atoms with Gasteiger partial charge in [-0.05, 0) is 10.4 Å². The molecule has 0 saturated carbocycles. The van der Waals surface area contributed by atoms with Crippen LogP contribution < -0.4 is 0 Å². The SMILES string of the molecule is O=C(O)CSc1nnnn1CCOCC(F)(F)F. The smallest absolute Gasteiger partial charge is 0.411 e. The summed E-state index contributed by atoms with van der Waals surface area (Å²) in [6, 6.07) is 0. The van der Waals surface area contributed by atoms with Gasteiger partial charge in [0.25, 0.3) is 0 Å². The highest BCUT2D eigenvalue weighted by molar-refractivity contribution is 7.99. The number of carboxylic acid groups (broad SMARTS) is 1. The fraction of sp³-hybridized carbons (Fsp3) is 0.714. The van der Waals surface area contributed by atoms with Gasteiger partial charge in [-0.1, -0.05) is 11.8 Å². The topological polar surface area (TPSA) is 90.1 Å². The third kappa shape index (κ3) is 5.82. The van der Waals surface area contributed by atoms with Crippen LogP contribution in [0.3, 0.4) is 0 Å². The van der Waals surface area contributed by atoms with Crippen molar-refractivity contribution in [2.45, 2.75) is 17.9 Å². The van der Waals surface area contributed by atoms with E-state index in [0.717, 1.165) is 11.8 Å². The van der Waals surface area contributed by atoms with Gasteiger partial charge in [0.05, 0.1) is 18.9 Å². The van der Waals surface area contributed by atoms with Crippen molar-refractivity contribution in [2.75, 3.05) is 19.0 Å². The van der Waals surface area contributed by atoms with Gasteiger partial charge in [0, 0.05) is 0 Å². The number of alkyl halides is 3. The number of tetrazole rings is 1. The summed E-state index contributed by atoms with van der Waals surface area (Å²) in [5.74, 6) is -1.27. The summed E-state index contributed by atoms with van der Waals surface area (Å²) in [6.07, 6.45) is -4.37. The third-order valence-corrected chi connectivity index (χ3v) is 2.48. The lowest BCUT2D eigenvalue weighted by Crippen LogP contribution is -2.19. The summed E-state index contributed by atoms with van der Waals surface area (Å²) in [6.45, 7) is -1.54. The molecule has 0 atom stereocenters. The van der Waals surface area contributed by atoms with Crippen molar-refractivity contribution in [1.29, 1.82) is 0 Å². The molecule has 0 saturated heterocycles. The van der Waals surface area contributed by atoms with Gasteiger partial charge < -0.3 is 9.84 Å². The van der Waals surface area contributed by atoms with Gasteiger partial charge in [-0.3, -0.25) is 4.79 Å². The van der Waals surface area contributed by atoms with Gasteiger partial charge in [-0.2, -0.15) is 13.2 Å². The number of thioether (sulfide) groups is 1. The minimum atomic E-state index is -4.37. The number of aliphatic carboxylic acids is 1. The number of ether oxygens (including phenoxy) is 1. The standard InChI is InChI=1S/C7H9F3N4O3S/c8-7(9,10)4-17-2-1-14-6(11-12-13-14)18-3-5(15)16/h1-4H2,(H,15,16). The molecule has 18 heavy (non-hydrogen) atoms. The summed E-state index contributed by atoms with van der Waals surface area (Å²) >= 11 is 0.875. The lowest BCUT2D eigenvalue weighted by atomic mass is 10.6. The Bertz CT molecular complexity index is 398. The van der Waals surface area contributed by atoms with Crippen molar-refractivity contribution < 1.29 is 27.8 Å². The zero-order chi connectivity index (χ0) is 13.6. The van der Waals surface area contributed by atoms with Crippen LogP contribution in [0.1, 0.15) is 0 Å². The Morgan fingerprint density at radius 2 is 2.22 bits per heavy atom. The maximum absolute atomic E-state index is 11.8. The molecule has 0 aliphatic rings. The molecule has 0 aliphatic carbocycles. The highest BCUT2D eigenvalue weighted by Crippen LogP contribution is 2.15. The van der Waals surface area contributed by atoms with Crippen molar-refractivity contribution in [3.8, 4) is 0 Å². The lowest BCUT2D eigenvalue weighted by molar-refractivity contribution is -0.174. The van der Waals surface area contributed by atoms with E-state index in [9.17, 15) is 18.0 Å². The maximum atomic E-state index is 11.8. The Labute approximate surface area is 103 Å². The minimum Gasteiger partial charge on any atom is -0.481 e. The van der Waals surface area contributed by atoms with E-state index in [1.807, 2.05) is 0 Å². The summed E-state index contributed by atoms with van der Waals surface area (Å²) in [5, 5.41) is 19.0. The van der Waals surface area contributed by atoms with Crippen LogP contribution in [0, 0.1) is 0 Å². The molecule has 0 aromatic carbocycles. The predicted molar refractivity (Wildman–Crippen MR) is 53.1 cm³/mol. The average molecular weight is 286 g/mol. The number of aromatic nitrogens is 4. The van der Waals surface area contributed by atoms with Crippen LogP contribution >= 0.6 is 11.8 Å². The predicted octanol–water partition coefficient (Wildman–Crippen LogP) is 0.429. The van der Waals surface area contributed by atoms with Crippen LogP contribution in [0.2, 0.25) is 0 Å². The maximum Gasteiger partial charge on any atom is 0.411 e. The number of hydrogen-bond donors (Lipinski definition) is 1. The Balaban J connectivity index is 2.34. The molecule has 1 rings (SSSR count). The van der Waals surface area contributed by atoms with Gasteiger partial charge in [-0.15, -0.1) is 5.10 Å². The highest BCUT2D eigenvalue weighted by atomic mass is 32.2. The van der Waals surface area contributed by atoms with Crippen LogP contribution in [0.5, 0.6) is 0 Å². The monoisotopic (exact) mass is 286 g/mol. The normalized spacial score (nSPS) is 11.7. The Hall–Kier alpha value is -1.36. The van der Waals surface area contributed by atoms with E-state index < -0.39 is 18.8 Å². The lowest BCUT2D eigenvalue weighted by Gasteiger charge is -2.07. The zero-order valence-corrected chi connectivity index (χ0v) is 9.74.